The summed E-state index contributed by atoms with van der Waals surface area (Å²) in [5, 5.41) is 8.90. The molecule has 0 unspecified atom stereocenters. The Labute approximate surface area is 96.1 Å². The summed E-state index contributed by atoms with van der Waals surface area (Å²) in [4.78, 5) is 6.60. The third-order valence-electron chi connectivity index (χ3n) is 3.25. The zero-order valence-corrected chi connectivity index (χ0v) is 9.47. The number of piperidine rings is 1. The number of anilines is 2. The van der Waals surface area contributed by atoms with Gasteiger partial charge in [-0.05, 0) is 31.2 Å². The second-order valence-corrected chi connectivity index (χ2v) is 4.39. The number of hydrogen-bond donors (Lipinski definition) is 2. The van der Waals surface area contributed by atoms with Gasteiger partial charge in [0, 0.05) is 37.6 Å². The van der Waals surface area contributed by atoms with Crippen molar-refractivity contribution in [2.45, 2.75) is 19.3 Å². The highest BCUT2D eigenvalue weighted by atomic mass is 16.3. The topological polar surface area (TPSA) is 62.4 Å². The van der Waals surface area contributed by atoms with Crippen LogP contribution in [0, 0.1) is 5.92 Å². The molecule has 0 spiro atoms. The number of aliphatic hydroxyl groups is 1. The number of aliphatic hydroxyl groups excluding tert-OH is 1. The van der Waals surface area contributed by atoms with Crippen molar-refractivity contribution in [3.8, 4) is 0 Å². The molecule has 4 nitrogen and oxygen atoms in total. The van der Waals surface area contributed by atoms with Crippen molar-refractivity contribution in [2.24, 2.45) is 5.92 Å². The number of aromatic nitrogens is 1. The van der Waals surface area contributed by atoms with Crippen molar-refractivity contribution in [3.63, 3.8) is 0 Å². The Morgan fingerprint density at radius 2 is 2.19 bits per heavy atom. The highest BCUT2D eigenvalue weighted by Gasteiger charge is 2.19. The first-order chi connectivity index (χ1) is 7.79. The number of nitrogen functional groups attached to an aromatic ring is 1. The molecule has 0 amide bonds. The van der Waals surface area contributed by atoms with Gasteiger partial charge in [-0.25, -0.2) is 4.98 Å². The molecule has 3 N–H and O–H groups in total. The molecular formula is C12H19N3O. The lowest BCUT2D eigenvalue weighted by molar-refractivity contribution is 0.240. The van der Waals surface area contributed by atoms with Gasteiger partial charge in [0.05, 0.1) is 0 Å². The van der Waals surface area contributed by atoms with E-state index >= 15 is 0 Å². The summed E-state index contributed by atoms with van der Waals surface area (Å²) in [6.07, 6.45) is 4.96. The van der Waals surface area contributed by atoms with Crippen molar-refractivity contribution < 1.29 is 5.11 Å². The number of nitrogens with two attached hydrogens (primary N) is 1. The summed E-state index contributed by atoms with van der Waals surface area (Å²) in [5.41, 5.74) is 6.51. The van der Waals surface area contributed by atoms with Crippen molar-refractivity contribution in [1.82, 2.24) is 4.98 Å². The number of pyridine rings is 1. The van der Waals surface area contributed by atoms with Crippen LogP contribution in [-0.4, -0.2) is 29.8 Å². The van der Waals surface area contributed by atoms with E-state index in [1.54, 1.807) is 6.20 Å². The summed E-state index contributed by atoms with van der Waals surface area (Å²) in [6, 6.07) is 3.73. The third kappa shape index (κ3) is 2.64. The quantitative estimate of drug-likeness (QED) is 0.806. The molecule has 0 atom stereocenters. The average molecular weight is 221 g/mol. The minimum atomic E-state index is 0.307. The van der Waals surface area contributed by atoms with Crippen LogP contribution < -0.4 is 10.6 Å². The van der Waals surface area contributed by atoms with E-state index in [0.29, 0.717) is 12.5 Å². The molecule has 1 aromatic rings. The van der Waals surface area contributed by atoms with Crippen molar-refractivity contribution in [2.75, 3.05) is 30.3 Å². The molecule has 0 bridgehead atoms. The predicted octanol–water partition coefficient (Wildman–Crippen LogP) is 1.26. The smallest absolute Gasteiger partial charge is 0.130 e. The number of hydrogen-bond acceptors (Lipinski definition) is 4. The van der Waals surface area contributed by atoms with Gasteiger partial charge in [-0.2, -0.15) is 0 Å². The Balaban J connectivity index is 1.94. The molecule has 1 aliphatic heterocycles. The molecule has 4 heteroatoms. The lowest BCUT2D eigenvalue weighted by Crippen LogP contribution is -2.34. The van der Waals surface area contributed by atoms with Gasteiger partial charge in [0.2, 0.25) is 0 Å². The predicted molar refractivity (Wildman–Crippen MR) is 65.3 cm³/mol. The SMILES string of the molecule is Nc1ccnc(N2CCC(CCO)CC2)c1. The summed E-state index contributed by atoms with van der Waals surface area (Å²) in [7, 11) is 0. The van der Waals surface area contributed by atoms with Gasteiger partial charge in [0.25, 0.3) is 0 Å². The van der Waals surface area contributed by atoms with Gasteiger partial charge in [0.1, 0.15) is 5.82 Å². The maximum Gasteiger partial charge on any atom is 0.130 e. The molecule has 88 valence electrons. The third-order valence-corrected chi connectivity index (χ3v) is 3.25. The van der Waals surface area contributed by atoms with E-state index in [0.717, 1.165) is 43.9 Å². The fraction of sp³-hybridized carbons (Fsp3) is 0.583. The first kappa shape index (κ1) is 11.2. The first-order valence-corrected chi connectivity index (χ1v) is 5.87. The van der Waals surface area contributed by atoms with Crippen LogP contribution in [-0.2, 0) is 0 Å². The molecule has 2 rings (SSSR count). The Bertz CT molecular complexity index is 335. The summed E-state index contributed by atoms with van der Waals surface area (Å²) >= 11 is 0. The molecule has 1 aliphatic rings. The van der Waals surface area contributed by atoms with E-state index in [2.05, 4.69) is 9.88 Å². The minimum absolute atomic E-state index is 0.307. The van der Waals surface area contributed by atoms with Crippen LogP contribution in [0.25, 0.3) is 0 Å². The largest absolute Gasteiger partial charge is 0.399 e. The van der Waals surface area contributed by atoms with Gasteiger partial charge in [0.15, 0.2) is 0 Å². The maximum absolute atomic E-state index is 8.90. The van der Waals surface area contributed by atoms with E-state index in [1.807, 2.05) is 12.1 Å². The Morgan fingerprint density at radius 3 is 2.81 bits per heavy atom. The Hall–Kier alpha value is -1.29. The first-order valence-electron chi connectivity index (χ1n) is 5.87. The van der Waals surface area contributed by atoms with Gasteiger partial charge >= 0.3 is 0 Å². The Morgan fingerprint density at radius 1 is 1.44 bits per heavy atom. The second-order valence-electron chi connectivity index (χ2n) is 4.39. The fourth-order valence-corrected chi connectivity index (χ4v) is 2.24. The summed E-state index contributed by atoms with van der Waals surface area (Å²) in [6.45, 7) is 2.34. The molecule has 0 saturated carbocycles. The number of rotatable bonds is 3. The van der Waals surface area contributed by atoms with Crippen LogP contribution in [0.4, 0.5) is 11.5 Å². The van der Waals surface area contributed by atoms with E-state index in [-0.39, 0.29) is 0 Å². The molecule has 0 radical (unpaired) electrons. The van der Waals surface area contributed by atoms with E-state index < -0.39 is 0 Å². The summed E-state index contributed by atoms with van der Waals surface area (Å²) < 4.78 is 0. The van der Waals surface area contributed by atoms with Gasteiger partial charge < -0.3 is 15.7 Å². The van der Waals surface area contributed by atoms with Crippen molar-refractivity contribution in [1.29, 1.82) is 0 Å². The molecule has 1 aromatic heterocycles. The van der Waals surface area contributed by atoms with E-state index in [9.17, 15) is 0 Å². The summed E-state index contributed by atoms with van der Waals surface area (Å²) in [5.74, 6) is 1.64. The van der Waals surface area contributed by atoms with Crippen LogP contribution in [0.3, 0.4) is 0 Å². The Kier molecular flexibility index (Phi) is 3.62. The van der Waals surface area contributed by atoms with Crippen LogP contribution in [0.1, 0.15) is 19.3 Å². The molecule has 1 fully saturated rings. The highest BCUT2D eigenvalue weighted by molar-refractivity contribution is 5.50. The lowest BCUT2D eigenvalue weighted by atomic mass is 9.94. The average Bonchev–Trinajstić information content (AvgIpc) is 2.30. The minimum Gasteiger partial charge on any atom is -0.399 e. The molecule has 0 aliphatic carbocycles. The highest BCUT2D eigenvalue weighted by Crippen LogP contribution is 2.24. The maximum atomic E-state index is 8.90. The normalized spacial score (nSPS) is 17.7. The van der Waals surface area contributed by atoms with Crippen LogP contribution in [0.5, 0.6) is 0 Å². The van der Waals surface area contributed by atoms with E-state index in [1.165, 1.54) is 0 Å². The van der Waals surface area contributed by atoms with Gasteiger partial charge in [-0.1, -0.05) is 0 Å². The van der Waals surface area contributed by atoms with E-state index in [4.69, 9.17) is 10.8 Å². The zero-order valence-electron chi connectivity index (χ0n) is 9.47. The zero-order chi connectivity index (χ0) is 11.4. The van der Waals surface area contributed by atoms with Crippen LogP contribution in [0.2, 0.25) is 0 Å². The van der Waals surface area contributed by atoms with Crippen molar-refractivity contribution in [3.05, 3.63) is 18.3 Å². The van der Waals surface area contributed by atoms with Crippen LogP contribution in [0.15, 0.2) is 18.3 Å². The van der Waals surface area contributed by atoms with Gasteiger partial charge in [-0.3, -0.25) is 0 Å². The van der Waals surface area contributed by atoms with Crippen molar-refractivity contribution >= 4 is 11.5 Å². The molecule has 2 heterocycles. The molecule has 0 aromatic carbocycles. The molecule has 16 heavy (non-hydrogen) atoms. The second kappa shape index (κ2) is 5.16. The standard InChI is InChI=1S/C12H19N3O/c13-11-1-5-14-12(9-11)15-6-2-10(3-7-15)4-8-16/h1,5,9-10,16H,2-4,6-8H2,(H2,13,14). The van der Waals surface area contributed by atoms with Crippen LogP contribution >= 0.6 is 0 Å². The van der Waals surface area contributed by atoms with Gasteiger partial charge in [-0.15, -0.1) is 0 Å². The fourth-order valence-electron chi connectivity index (χ4n) is 2.24. The molecule has 1 saturated heterocycles. The lowest BCUT2D eigenvalue weighted by Gasteiger charge is -2.32. The molecular weight excluding hydrogens is 202 g/mol. The monoisotopic (exact) mass is 221 g/mol. The number of nitrogens with zero attached hydrogens (tertiary/aromatic N) is 2.